The summed E-state index contributed by atoms with van der Waals surface area (Å²) in [6, 6.07) is 0. The third-order valence-corrected chi connectivity index (χ3v) is 2.45. The molecule has 0 aliphatic carbocycles. The van der Waals surface area contributed by atoms with Crippen LogP contribution in [-0.4, -0.2) is 14.2 Å². The summed E-state index contributed by atoms with van der Waals surface area (Å²) in [4.78, 5) is 0. The van der Waals surface area contributed by atoms with Crippen LogP contribution in [0.2, 0.25) is 0 Å². The lowest BCUT2D eigenvalue weighted by atomic mass is 10.2. The summed E-state index contributed by atoms with van der Waals surface area (Å²) in [5.74, 6) is 0.497. The molecule has 0 atom stereocenters. The molecule has 0 aromatic heterocycles. The zero-order chi connectivity index (χ0) is 8.20. The standard InChI is InChI=1S/C7H14O2S/c1-4-10(8,9)6-5-7(2)3/h5-7H,4H2,1-3H3. The van der Waals surface area contributed by atoms with E-state index in [-0.39, 0.29) is 5.75 Å². The molecule has 0 rings (SSSR count). The zero-order valence-electron chi connectivity index (χ0n) is 6.66. The Morgan fingerprint density at radius 2 is 1.90 bits per heavy atom. The summed E-state index contributed by atoms with van der Waals surface area (Å²) >= 11 is 0. The Morgan fingerprint density at radius 1 is 1.40 bits per heavy atom. The second-order valence-electron chi connectivity index (χ2n) is 2.52. The highest BCUT2D eigenvalue weighted by Crippen LogP contribution is 1.98. The lowest BCUT2D eigenvalue weighted by Gasteiger charge is -1.93. The number of allylic oxidation sites excluding steroid dienone is 1. The predicted octanol–water partition coefficient (Wildman–Crippen LogP) is 1.59. The summed E-state index contributed by atoms with van der Waals surface area (Å²) < 4.78 is 21.6. The van der Waals surface area contributed by atoms with Crippen LogP contribution < -0.4 is 0 Å². The van der Waals surface area contributed by atoms with Gasteiger partial charge in [-0.1, -0.05) is 26.8 Å². The highest BCUT2D eigenvalue weighted by molar-refractivity contribution is 7.94. The van der Waals surface area contributed by atoms with E-state index in [0.29, 0.717) is 5.92 Å². The molecule has 0 radical (unpaired) electrons. The maximum absolute atomic E-state index is 10.8. The molecule has 2 nitrogen and oxygen atoms in total. The van der Waals surface area contributed by atoms with E-state index in [2.05, 4.69) is 0 Å². The molecule has 0 fully saturated rings. The van der Waals surface area contributed by atoms with Crippen molar-refractivity contribution in [3.63, 3.8) is 0 Å². The van der Waals surface area contributed by atoms with Gasteiger partial charge in [-0.25, -0.2) is 8.42 Å². The zero-order valence-corrected chi connectivity index (χ0v) is 7.48. The first-order valence-electron chi connectivity index (χ1n) is 3.39. The topological polar surface area (TPSA) is 34.1 Å². The maximum Gasteiger partial charge on any atom is 0.171 e. The van der Waals surface area contributed by atoms with E-state index in [0.717, 1.165) is 0 Å². The average molecular weight is 162 g/mol. The van der Waals surface area contributed by atoms with Gasteiger partial charge in [-0.3, -0.25) is 0 Å². The second-order valence-corrected chi connectivity index (χ2v) is 4.70. The van der Waals surface area contributed by atoms with Crippen LogP contribution in [0.3, 0.4) is 0 Å². The third kappa shape index (κ3) is 4.56. The first-order chi connectivity index (χ1) is 4.48. The van der Waals surface area contributed by atoms with Gasteiger partial charge in [0.05, 0.1) is 5.75 Å². The molecule has 0 saturated carbocycles. The summed E-state index contributed by atoms with van der Waals surface area (Å²) in [5, 5.41) is 1.29. The fourth-order valence-electron chi connectivity index (χ4n) is 0.373. The molecule has 0 aromatic carbocycles. The van der Waals surface area contributed by atoms with Crippen molar-refractivity contribution in [1.82, 2.24) is 0 Å². The van der Waals surface area contributed by atoms with Gasteiger partial charge in [-0.15, -0.1) is 0 Å². The average Bonchev–Trinajstić information content (AvgIpc) is 1.85. The molecular weight excluding hydrogens is 148 g/mol. The van der Waals surface area contributed by atoms with Crippen LogP contribution in [0.1, 0.15) is 20.8 Å². The third-order valence-electron chi connectivity index (χ3n) is 1.07. The van der Waals surface area contributed by atoms with Gasteiger partial charge in [-0.05, 0) is 5.92 Å². The Bertz CT molecular complexity index is 200. The monoisotopic (exact) mass is 162 g/mol. The first kappa shape index (κ1) is 9.69. The molecule has 60 valence electrons. The summed E-state index contributed by atoms with van der Waals surface area (Å²) in [7, 11) is -2.90. The van der Waals surface area contributed by atoms with Gasteiger partial charge in [-0.2, -0.15) is 0 Å². The van der Waals surface area contributed by atoms with E-state index in [1.807, 2.05) is 13.8 Å². The van der Waals surface area contributed by atoms with Crippen molar-refractivity contribution in [2.75, 3.05) is 5.75 Å². The minimum absolute atomic E-state index is 0.191. The van der Waals surface area contributed by atoms with E-state index in [1.54, 1.807) is 13.0 Å². The van der Waals surface area contributed by atoms with Crippen molar-refractivity contribution in [3.8, 4) is 0 Å². The van der Waals surface area contributed by atoms with Crippen LogP contribution in [0.4, 0.5) is 0 Å². The fourth-order valence-corrected chi connectivity index (χ4v) is 1.12. The molecule has 0 aliphatic heterocycles. The van der Waals surface area contributed by atoms with E-state index in [9.17, 15) is 8.42 Å². The summed E-state index contributed by atoms with van der Waals surface area (Å²) in [6.45, 7) is 5.53. The highest BCUT2D eigenvalue weighted by atomic mass is 32.2. The van der Waals surface area contributed by atoms with Crippen LogP contribution in [0.25, 0.3) is 0 Å². The minimum atomic E-state index is -2.90. The van der Waals surface area contributed by atoms with E-state index in [4.69, 9.17) is 0 Å². The summed E-state index contributed by atoms with van der Waals surface area (Å²) in [5.41, 5.74) is 0. The molecule has 0 spiro atoms. The highest BCUT2D eigenvalue weighted by Gasteiger charge is 1.99. The molecule has 0 bridgehead atoms. The van der Waals surface area contributed by atoms with Gasteiger partial charge in [0.1, 0.15) is 0 Å². The van der Waals surface area contributed by atoms with Gasteiger partial charge in [0.2, 0.25) is 0 Å². The lowest BCUT2D eigenvalue weighted by molar-refractivity contribution is 0.605. The maximum atomic E-state index is 10.8. The molecule has 10 heavy (non-hydrogen) atoms. The molecule has 0 saturated heterocycles. The smallest absolute Gasteiger partial charge is 0.171 e. The van der Waals surface area contributed by atoms with Crippen molar-refractivity contribution in [2.45, 2.75) is 20.8 Å². The fraction of sp³-hybridized carbons (Fsp3) is 0.714. The molecule has 0 heterocycles. The van der Waals surface area contributed by atoms with Crippen molar-refractivity contribution in [2.24, 2.45) is 5.92 Å². The molecular formula is C7H14O2S. The molecule has 0 aliphatic rings. The van der Waals surface area contributed by atoms with E-state index in [1.165, 1.54) is 5.41 Å². The van der Waals surface area contributed by atoms with Crippen LogP contribution in [0.5, 0.6) is 0 Å². The van der Waals surface area contributed by atoms with Crippen molar-refractivity contribution in [1.29, 1.82) is 0 Å². The number of hydrogen-bond donors (Lipinski definition) is 0. The van der Waals surface area contributed by atoms with Gasteiger partial charge in [0, 0.05) is 5.41 Å². The molecule has 0 amide bonds. The Morgan fingerprint density at radius 3 is 2.20 bits per heavy atom. The Hall–Kier alpha value is -0.310. The molecule has 0 N–H and O–H groups in total. The van der Waals surface area contributed by atoms with Crippen LogP contribution in [0, 0.1) is 5.92 Å². The van der Waals surface area contributed by atoms with Gasteiger partial charge < -0.3 is 0 Å². The predicted molar refractivity (Wildman–Crippen MR) is 43.4 cm³/mol. The first-order valence-corrected chi connectivity index (χ1v) is 5.10. The minimum Gasteiger partial charge on any atom is -0.224 e. The number of sulfone groups is 1. The quantitative estimate of drug-likeness (QED) is 0.631. The SMILES string of the molecule is CCS(=O)(=O)C=CC(C)C. The van der Waals surface area contributed by atoms with Crippen molar-refractivity contribution < 1.29 is 8.42 Å². The Labute approximate surface area is 62.9 Å². The van der Waals surface area contributed by atoms with E-state index < -0.39 is 9.84 Å². The number of rotatable bonds is 3. The van der Waals surface area contributed by atoms with E-state index >= 15 is 0 Å². The van der Waals surface area contributed by atoms with Crippen molar-refractivity contribution in [3.05, 3.63) is 11.5 Å². The molecule has 3 heteroatoms. The molecule has 0 aromatic rings. The second kappa shape index (κ2) is 3.76. The normalized spacial score (nSPS) is 13.2. The molecule has 0 unspecified atom stereocenters. The van der Waals surface area contributed by atoms with Crippen LogP contribution >= 0.6 is 0 Å². The summed E-state index contributed by atoms with van der Waals surface area (Å²) in [6.07, 6.45) is 1.69. The van der Waals surface area contributed by atoms with Crippen LogP contribution in [0.15, 0.2) is 11.5 Å². The van der Waals surface area contributed by atoms with Gasteiger partial charge in [0.25, 0.3) is 0 Å². The van der Waals surface area contributed by atoms with Gasteiger partial charge >= 0.3 is 0 Å². The Kier molecular flexibility index (Phi) is 3.64. The number of hydrogen-bond acceptors (Lipinski definition) is 2. The van der Waals surface area contributed by atoms with Gasteiger partial charge in [0.15, 0.2) is 9.84 Å². The Balaban J connectivity index is 4.15. The van der Waals surface area contributed by atoms with Crippen molar-refractivity contribution >= 4 is 9.84 Å². The van der Waals surface area contributed by atoms with Crippen LogP contribution in [-0.2, 0) is 9.84 Å². The largest absolute Gasteiger partial charge is 0.224 e. The lowest BCUT2D eigenvalue weighted by Crippen LogP contribution is -1.97.